The maximum absolute atomic E-state index is 13.6. The van der Waals surface area contributed by atoms with Crippen LogP contribution in [0.5, 0.6) is 0 Å². The summed E-state index contributed by atoms with van der Waals surface area (Å²) in [5, 5.41) is 19.7. The number of amidine groups is 1. The lowest BCUT2D eigenvalue weighted by Crippen LogP contribution is -2.52. The molecule has 0 radical (unpaired) electrons. The molecule has 244 valence electrons. The van der Waals surface area contributed by atoms with Gasteiger partial charge in [0, 0.05) is 40.3 Å². The topological polar surface area (TPSA) is 173 Å². The first kappa shape index (κ1) is 34.1. The Kier molecular flexibility index (Phi) is 10.6. The second kappa shape index (κ2) is 14.6. The minimum Gasteiger partial charge on any atom is -0.400 e. The number of urea groups is 1. The van der Waals surface area contributed by atoms with Crippen LogP contribution in [0.25, 0.3) is 0 Å². The average Bonchev–Trinajstić information content (AvgIpc) is 3.29. The molecule has 12 nitrogen and oxygen atoms in total. The lowest BCUT2D eigenvalue weighted by atomic mass is 10.00. The van der Waals surface area contributed by atoms with Crippen molar-refractivity contribution in [2.75, 3.05) is 37.8 Å². The van der Waals surface area contributed by atoms with Crippen LogP contribution < -0.4 is 27.0 Å². The number of nitrogens with two attached hydrogens (primary N) is 1. The van der Waals surface area contributed by atoms with Gasteiger partial charge in [0.25, 0.3) is 11.8 Å². The third kappa shape index (κ3) is 8.30. The molecule has 5 amide bonds. The van der Waals surface area contributed by atoms with Gasteiger partial charge in [-0.2, -0.15) is 0 Å². The Balaban J connectivity index is 1.41. The second-order valence-electron chi connectivity index (χ2n) is 11.8. The SMILES string of the molecule is C=CC(=O)Nc1ccc(C(=O)Nc2cccc(C(=O)NC(=N)C3=C(N)C(C)(C)N(C(=O)N[C@H](CN(C)C)c4ccccc4)C3)c2)cc1. The number of carbonyl (C=O) groups is 4. The largest absolute Gasteiger partial charge is 0.400 e. The summed E-state index contributed by atoms with van der Waals surface area (Å²) >= 11 is 0. The van der Waals surface area contributed by atoms with E-state index in [0.29, 0.717) is 34.8 Å². The fourth-order valence-electron chi connectivity index (χ4n) is 5.11. The molecule has 47 heavy (non-hydrogen) atoms. The number of nitrogens with one attached hydrogen (secondary N) is 5. The van der Waals surface area contributed by atoms with Crippen LogP contribution in [0.2, 0.25) is 0 Å². The van der Waals surface area contributed by atoms with Crippen LogP contribution in [0.4, 0.5) is 16.2 Å². The van der Waals surface area contributed by atoms with E-state index in [1.54, 1.807) is 61.2 Å². The van der Waals surface area contributed by atoms with Crippen LogP contribution in [-0.2, 0) is 4.79 Å². The van der Waals surface area contributed by atoms with Gasteiger partial charge in [-0.3, -0.25) is 19.8 Å². The fourth-order valence-corrected chi connectivity index (χ4v) is 5.11. The Morgan fingerprint density at radius 1 is 0.936 bits per heavy atom. The number of amides is 5. The minimum atomic E-state index is -0.921. The van der Waals surface area contributed by atoms with Gasteiger partial charge in [-0.1, -0.05) is 43.0 Å². The molecule has 0 spiro atoms. The molecule has 0 saturated heterocycles. The zero-order chi connectivity index (χ0) is 34.3. The molecule has 3 aromatic rings. The summed E-state index contributed by atoms with van der Waals surface area (Å²) in [5.41, 5.74) is 8.58. The van der Waals surface area contributed by atoms with Crippen molar-refractivity contribution < 1.29 is 19.2 Å². The normalized spacial score (nSPS) is 14.3. The van der Waals surface area contributed by atoms with E-state index in [4.69, 9.17) is 11.1 Å². The van der Waals surface area contributed by atoms with Crippen LogP contribution in [0.15, 0.2) is 103 Å². The molecule has 7 N–H and O–H groups in total. The highest BCUT2D eigenvalue weighted by Gasteiger charge is 2.43. The molecule has 0 aromatic heterocycles. The molecule has 1 atom stereocenters. The van der Waals surface area contributed by atoms with Crippen molar-refractivity contribution in [1.82, 2.24) is 20.4 Å². The summed E-state index contributed by atoms with van der Waals surface area (Å²) in [5.74, 6) is -1.58. The summed E-state index contributed by atoms with van der Waals surface area (Å²) < 4.78 is 0. The minimum absolute atomic E-state index is 0.0272. The highest BCUT2D eigenvalue weighted by Crippen LogP contribution is 2.32. The summed E-state index contributed by atoms with van der Waals surface area (Å²) in [6.45, 7) is 7.60. The monoisotopic (exact) mass is 636 g/mol. The predicted octanol–water partition coefficient (Wildman–Crippen LogP) is 4.09. The Bertz CT molecular complexity index is 1710. The molecule has 4 rings (SSSR count). The lowest BCUT2D eigenvalue weighted by Gasteiger charge is -2.35. The molecule has 12 heteroatoms. The van der Waals surface area contributed by atoms with E-state index in [-0.39, 0.29) is 35.9 Å². The Hall–Kier alpha value is -5.75. The van der Waals surface area contributed by atoms with Gasteiger partial charge in [0.2, 0.25) is 5.91 Å². The van der Waals surface area contributed by atoms with E-state index in [0.717, 1.165) is 11.6 Å². The second-order valence-corrected chi connectivity index (χ2v) is 11.8. The van der Waals surface area contributed by atoms with E-state index in [9.17, 15) is 19.2 Å². The fraction of sp³-hybridized carbons (Fsp3) is 0.229. The van der Waals surface area contributed by atoms with Crippen molar-refractivity contribution >= 4 is 41.0 Å². The summed E-state index contributed by atoms with van der Waals surface area (Å²) in [6, 6.07) is 21.6. The quantitative estimate of drug-likeness (QED) is 0.111. The molecule has 0 unspecified atom stereocenters. The molecular weight excluding hydrogens is 596 g/mol. The molecule has 1 heterocycles. The predicted molar refractivity (Wildman–Crippen MR) is 183 cm³/mol. The average molecular weight is 637 g/mol. The van der Waals surface area contributed by atoms with E-state index in [1.165, 1.54) is 6.07 Å². The third-order valence-corrected chi connectivity index (χ3v) is 7.79. The van der Waals surface area contributed by atoms with Gasteiger partial charge in [0.15, 0.2) is 0 Å². The molecule has 0 aliphatic carbocycles. The van der Waals surface area contributed by atoms with Crippen molar-refractivity contribution in [3.05, 3.63) is 119 Å². The number of rotatable bonds is 10. The molecule has 3 aromatic carbocycles. The molecule has 0 fully saturated rings. The zero-order valence-corrected chi connectivity index (χ0v) is 26.9. The Morgan fingerprint density at radius 3 is 2.26 bits per heavy atom. The molecule has 0 saturated carbocycles. The number of nitrogens with zero attached hydrogens (tertiary/aromatic N) is 2. The highest BCUT2D eigenvalue weighted by atomic mass is 16.2. The first-order valence-electron chi connectivity index (χ1n) is 14.9. The molecule has 1 aliphatic heterocycles. The van der Waals surface area contributed by atoms with Gasteiger partial charge in [0.05, 0.1) is 18.1 Å². The highest BCUT2D eigenvalue weighted by molar-refractivity contribution is 6.13. The zero-order valence-electron chi connectivity index (χ0n) is 26.9. The molecule has 0 bridgehead atoms. The maximum Gasteiger partial charge on any atom is 0.318 e. The van der Waals surface area contributed by atoms with E-state index in [1.807, 2.05) is 49.3 Å². The molecular formula is C35H40N8O4. The third-order valence-electron chi connectivity index (χ3n) is 7.79. The maximum atomic E-state index is 13.6. The lowest BCUT2D eigenvalue weighted by molar-refractivity contribution is -0.111. The first-order chi connectivity index (χ1) is 22.3. The van der Waals surface area contributed by atoms with Crippen LogP contribution in [0.1, 0.15) is 46.2 Å². The number of anilines is 2. The van der Waals surface area contributed by atoms with E-state index < -0.39 is 17.4 Å². The van der Waals surface area contributed by atoms with Gasteiger partial charge < -0.3 is 36.8 Å². The van der Waals surface area contributed by atoms with Crippen molar-refractivity contribution in [2.24, 2.45) is 5.73 Å². The number of hydrogen-bond acceptors (Lipinski definition) is 7. The van der Waals surface area contributed by atoms with Gasteiger partial charge in [-0.05, 0) is 82.0 Å². The van der Waals surface area contributed by atoms with Crippen molar-refractivity contribution in [3.63, 3.8) is 0 Å². The van der Waals surface area contributed by atoms with Crippen molar-refractivity contribution in [1.29, 1.82) is 5.41 Å². The Labute approximate surface area is 274 Å². The Morgan fingerprint density at radius 2 is 1.62 bits per heavy atom. The van der Waals surface area contributed by atoms with E-state index in [2.05, 4.69) is 27.8 Å². The number of benzene rings is 3. The van der Waals surface area contributed by atoms with Gasteiger partial charge in [-0.25, -0.2) is 4.79 Å². The number of carbonyl (C=O) groups excluding carboxylic acids is 4. The van der Waals surface area contributed by atoms with E-state index >= 15 is 0 Å². The number of likely N-dealkylation sites (N-methyl/N-ethyl adjacent to an activating group) is 1. The smallest absolute Gasteiger partial charge is 0.318 e. The molecule has 1 aliphatic rings. The van der Waals surface area contributed by atoms with Crippen LogP contribution >= 0.6 is 0 Å². The summed E-state index contributed by atoms with van der Waals surface area (Å²) in [6.07, 6.45) is 1.15. The van der Waals surface area contributed by atoms with Crippen molar-refractivity contribution in [3.8, 4) is 0 Å². The summed E-state index contributed by atoms with van der Waals surface area (Å²) in [4.78, 5) is 54.6. The first-order valence-corrected chi connectivity index (χ1v) is 14.9. The van der Waals surface area contributed by atoms with Crippen LogP contribution in [0.3, 0.4) is 0 Å². The summed E-state index contributed by atoms with van der Waals surface area (Å²) in [7, 11) is 3.86. The van der Waals surface area contributed by atoms with Crippen LogP contribution in [0, 0.1) is 5.41 Å². The van der Waals surface area contributed by atoms with Crippen molar-refractivity contribution in [2.45, 2.75) is 25.4 Å². The van der Waals surface area contributed by atoms with Gasteiger partial charge in [-0.15, -0.1) is 0 Å². The number of hydrogen-bond donors (Lipinski definition) is 6. The van der Waals surface area contributed by atoms with Gasteiger partial charge >= 0.3 is 6.03 Å². The van der Waals surface area contributed by atoms with Crippen LogP contribution in [-0.4, -0.2) is 72.1 Å². The van der Waals surface area contributed by atoms with Gasteiger partial charge in [0.1, 0.15) is 5.84 Å². The standard InChI is InChI=1S/C35H40N8O4/c1-6-29(44)38-25-17-15-23(16-18-25)32(45)39-26-14-10-13-24(19-26)33(46)41-31(37)27-20-43(35(2,3)30(27)36)34(47)40-28(21-42(4)5)22-11-8-7-9-12-22/h6-19,28H,1,20-21,36H2,2-5H3,(H,38,44)(H,39,45)(H,40,47)(H2,37,41,46)/t28-/m1/s1.